The molecule has 4 rings (SSSR count). The molecule has 1 atom stereocenters. The normalized spacial score (nSPS) is 29.8. The van der Waals surface area contributed by atoms with Gasteiger partial charge in [0.25, 0.3) is 0 Å². The van der Waals surface area contributed by atoms with Gasteiger partial charge in [0.15, 0.2) is 6.10 Å². The maximum atomic E-state index is 6.33. The third-order valence-corrected chi connectivity index (χ3v) is 4.43. The monoisotopic (exact) mass is 267 g/mol. The molecule has 2 bridgehead atoms. The van der Waals surface area contributed by atoms with Crippen LogP contribution < -0.4 is 22.0 Å². The number of piperidine rings is 3. The Hall–Kier alpha value is -0.730. The molecule has 0 saturated carbocycles. The van der Waals surface area contributed by atoms with Crippen LogP contribution >= 0.6 is 0 Å². The van der Waals surface area contributed by atoms with Crippen molar-refractivity contribution >= 4 is 0 Å². The third-order valence-electron chi connectivity index (χ3n) is 4.43. The van der Waals surface area contributed by atoms with Crippen LogP contribution in [0.4, 0.5) is 0 Å². The smallest absolute Gasteiger partial charge is 0.150 e. The van der Waals surface area contributed by atoms with Crippen molar-refractivity contribution in [1.29, 1.82) is 0 Å². The van der Waals surface area contributed by atoms with Crippen LogP contribution in [0.2, 0.25) is 0 Å². The van der Waals surface area contributed by atoms with Crippen LogP contribution in [0.25, 0.3) is 0 Å². The zero-order chi connectivity index (χ0) is 11.8. The molecule has 1 unspecified atom stereocenters. The Balaban J connectivity index is 0.00000120. The Morgan fingerprint density at radius 2 is 1.72 bits per heavy atom. The van der Waals surface area contributed by atoms with E-state index in [1.54, 1.807) is 4.90 Å². The minimum absolute atomic E-state index is 0. The molecular formula is C15H22ClNO. The number of benzene rings is 1. The highest BCUT2D eigenvalue weighted by molar-refractivity contribution is 5.39. The first-order valence-corrected chi connectivity index (χ1v) is 6.80. The average molecular weight is 268 g/mol. The van der Waals surface area contributed by atoms with Gasteiger partial charge in [-0.1, -0.05) is 18.2 Å². The fourth-order valence-electron chi connectivity index (χ4n) is 3.35. The van der Waals surface area contributed by atoms with Crippen LogP contribution in [-0.2, 0) is 0 Å². The second kappa shape index (κ2) is 5.50. The van der Waals surface area contributed by atoms with Crippen molar-refractivity contribution in [2.45, 2.75) is 32.8 Å². The first kappa shape index (κ1) is 13.7. The molecule has 2 nitrogen and oxygen atoms in total. The molecule has 0 aliphatic carbocycles. The van der Waals surface area contributed by atoms with Gasteiger partial charge in [-0.25, -0.2) is 0 Å². The summed E-state index contributed by atoms with van der Waals surface area (Å²) in [5, 5.41) is 0. The topological polar surface area (TPSA) is 13.7 Å². The lowest BCUT2D eigenvalue weighted by atomic mass is 9.86. The lowest BCUT2D eigenvalue weighted by molar-refractivity contribution is -0.920. The van der Waals surface area contributed by atoms with E-state index in [-0.39, 0.29) is 12.4 Å². The molecule has 0 radical (unpaired) electrons. The summed E-state index contributed by atoms with van der Waals surface area (Å²) < 4.78 is 6.33. The lowest BCUT2D eigenvalue weighted by Gasteiger charge is -2.41. The van der Waals surface area contributed by atoms with E-state index in [9.17, 15) is 0 Å². The molecule has 18 heavy (non-hydrogen) atoms. The molecule has 1 aromatic carbocycles. The molecule has 3 heteroatoms. The Labute approximate surface area is 116 Å². The molecule has 1 aromatic rings. The number of para-hydroxylation sites is 1. The molecule has 3 aliphatic rings. The highest BCUT2D eigenvalue weighted by atomic mass is 35.5. The molecule has 0 amide bonds. The molecule has 3 aliphatic heterocycles. The van der Waals surface area contributed by atoms with Crippen LogP contribution in [0.1, 0.15) is 24.0 Å². The minimum Gasteiger partial charge on any atom is -1.00 e. The van der Waals surface area contributed by atoms with Gasteiger partial charge in [-0.3, -0.25) is 0 Å². The van der Waals surface area contributed by atoms with E-state index < -0.39 is 0 Å². The maximum absolute atomic E-state index is 6.33. The van der Waals surface area contributed by atoms with E-state index in [2.05, 4.69) is 32.0 Å². The number of rotatable bonds is 2. The van der Waals surface area contributed by atoms with Crippen molar-refractivity contribution in [2.24, 2.45) is 5.92 Å². The molecular weight excluding hydrogens is 246 g/mol. The predicted octanol–water partition coefficient (Wildman–Crippen LogP) is -1.64. The minimum atomic E-state index is 0. The first-order valence-electron chi connectivity index (χ1n) is 6.80. The molecule has 3 fully saturated rings. The van der Waals surface area contributed by atoms with Gasteiger partial charge in [-0.2, -0.15) is 0 Å². The Kier molecular flexibility index (Phi) is 4.18. The number of aryl methyl sites for hydroxylation is 2. The molecule has 1 N–H and O–H groups in total. The summed E-state index contributed by atoms with van der Waals surface area (Å²) in [6.45, 7) is 8.22. The van der Waals surface area contributed by atoms with E-state index >= 15 is 0 Å². The van der Waals surface area contributed by atoms with E-state index in [4.69, 9.17) is 4.74 Å². The fourth-order valence-corrected chi connectivity index (χ4v) is 3.35. The van der Waals surface area contributed by atoms with Gasteiger partial charge in [0, 0.05) is 18.8 Å². The van der Waals surface area contributed by atoms with Gasteiger partial charge in [0.2, 0.25) is 0 Å². The van der Waals surface area contributed by atoms with Crippen LogP contribution in [-0.4, -0.2) is 25.7 Å². The zero-order valence-electron chi connectivity index (χ0n) is 11.2. The number of halogens is 1. The second-order valence-electron chi connectivity index (χ2n) is 5.67. The van der Waals surface area contributed by atoms with Crippen LogP contribution in [0.15, 0.2) is 18.2 Å². The van der Waals surface area contributed by atoms with E-state index in [0.29, 0.717) is 6.10 Å². The second-order valence-corrected chi connectivity index (χ2v) is 5.67. The molecule has 0 aromatic heterocycles. The number of hydrogen-bond acceptors (Lipinski definition) is 1. The van der Waals surface area contributed by atoms with Gasteiger partial charge >= 0.3 is 0 Å². The quantitative estimate of drug-likeness (QED) is 0.679. The van der Waals surface area contributed by atoms with Crippen LogP contribution in [0, 0.1) is 19.8 Å². The van der Waals surface area contributed by atoms with E-state index in [0.717, 1.165) is 11.7 Å². The summed E-state index contributed by atoms with van der Waals surface area (Å²) in [5.41, 5.74) is 2.55. The fraction of sp³-hybridized carbons (Fsp3) is 0.600. The zero-order valence-corrected chi connectivity index (χ0v) is 12.0. The van der Waals surface area contributed by atoms with Gasteiger partial charge in [-0.05, 0) is 25.0 Å². The number of hydrogen-bond donors (Lipinski definition) is 1. The van der Waals surface area contributed by atoms with Crippen molar-refractivity contribution in [2.75, 3.05) is 19.6 Å². The number of nitrogens with one attached hydrogen (secondary N) is 1. The average Bonchev–Trinajstić information content (AvgIpc) is 2.36. The van der Waals surface area contributed by atoms with E-state index in [1.165, 1.54) is 43.6 Å². The van der Waals surface area contributed by atoms with Crippen molar-refractivity contribution in [3.05, 3.63) is 29.3 Å². The van der Waals surface area contributed by atoms with Crippen LogP contribution in [0.3, 0.4) is 0 Å². The predicted molar refractivity (Wildman–Crippen MR) is 68.6 cm³/mol. The highest BCUT2D eigenvalue weighted by Crippen LogP contribution is 2.28. The van der Waals surface area contributed by atoms with E-state index in [1.807, 2.05) is 0 Å². The summed E-state index contributed by atoms with van der Waals surface area (Å²) in [5.74, 6) is 1.93. The van der Waals surface area contributed by atoms with Crippen molar-refractivity contribution < 1.29 is 22.0 Å². The summed E-state index contributed by atoms with van der Waals surface area (Å²) in [7, 11) is 0. The van der Waals surface area contributed by atoms with Gasteiger partial charge in [-0.15, -0.1) is 0 Å². The summed E-state index contributed by atoms with van der Waals surface area (Å²) >= 11 is 0. The van der Waals surface area contributed by atoms with Gasteiger partial charge < -0.3 is 22.0 Å². The summed E-state index contributed by atoms with van der Waals surface area (Å²) in [4.78, 5) is 1.74. The molecule has 3 saturated heterocycles. The SMILES string of the molecule is Cc1cccc(C)c1OC1C[NH+]2CCC1CC2.[Cl-]. The third kappa shape index (κ3) is 2.50. The lowest BCUT2D eigenvalue weighted by Crippen LogP contribution is -3.16. The molecule has 3 heterocycles. The molecule has 0 spiro atoms. The Morgan fingerprint density at radius 3 is 2.22 bits per heavy atom. The van der Waals surface area contributed by atoms with Gasteiger partial charge in [0.1, 0.15) is 12.3 Å². The van der Waals surface area contributed by atoms with Crippen molar-refractivity contribution in [3.8, 4) is 5.75 Å². The van der Waals surface area contributed by atoms with Crippen molar-refractivity contribution in [3.63, 3.8) is 0 Å². The van der Waals surface area contributed by atoms with Gasteiger partial charge in [0.05, 0.1) is 13.1 Å². The standard InChI is InChI=1S/C15H21NO.ClH/c1-11-4-3-5-12(2)15(11)17-14-10-16-8-6-13(14)7-9-16;/h3-5,13-14H,6-10H2,1-2H3;1H. The highest BCUT2D eigenvalue weighted by Gasteiger charge is 2.39. The largest absolute Gasteiger partial charge is 1.00 e. The van der Waals surface area contributed by atoms with Crippen LogP contribution in [0.5, 0.6) is 5.75 Å². The Morgan fingerprint density at radius 1 is 1.11 bits per heavy atom. The number of fused-ring (bicyclic) bond motifs is 3. The maximum Gasteiger partial charge on any atom is 0.150 e. The number of quaternary nitrogens is 1. The summed E-state index contributed by atoms with van der Waals surface area (Å²) in [6, 6.07) is 6.41. The number of ether oxygens (including phenoxy) is 1. The first-order chi connectivity index (χ1) is 8.24. The summed E-state index contributed by atoms with van der Waals surface area (Å²) in [6.07, 6.45) is 3.16. The van der Waals surface area contributed by atoms with Crippen molar-refractivity contribution in [1.82, 2.24) is 0 Å². The Bertz CT molecular complexity index is 393. The molecule has 100 valence electrons.